The second kappa shape index (κ2) is 11.3. The molecule has 0 aliphatic rings. The smallest absolute Gasteiger partial charge is 0.264 e. The molecule has 0 aromatic heterocycles. The van der Waals surface area contributed by atoms with E-state index in [2.05, 4.69) is 5.32 Å². The lowest BCUT2D eigenvalue weighted by atomic mass is 10.1. The van der Waals surface area contributed by atoms with Gasteiger partial charge in [-0.25, -0.2) is 8.42 Å². The van der Waals surface area contributed by atoms with E-state index in [0.29, 0.717) is 17.2 Å². The van der Waals surface area contributed by atoms with Crippen molar-refractivity contribution in [1.29, 1.82) is 0 Å². The molecule has 0 unspecified atom stereocenters. The van der Waals surface area contributed by atoms with Crippen LogP contribution in [0.5, 0.6) is 17.2 Å². The number of amides is 1. The van der Waals surface area contributed by atoms with E-state index in [-0.39, 0.29) is 15.6 Å². The van der Waals surface area contributed by atoms with E-state index in [1.165, 1.54) is 45.6 Å². The predicted molar refractivity (Wildman–Crippen MR) is 135 cm³/mol. The van der Waals surface area contributed by atoms with Crippen LogP contribution in [0.1, 0.15) is 18.5 Å². The van der Waals surface area contributed by atoms with Crippen molar-refractivity contribution in [2.45, 2.75) is 17.9 Å². The molecule has 35 heavy (non-hydrogen) atoms. The summed E-state index contributed by atoms with van der Waals surface area (Å²) in [6.07, 6.45) is 0. The lowest BCUT2D eigenvalue weighted by Crippen LogP contribution is -2.41. The third-order valence-corrected chi connectivity index (χ3v) is 7.41. The molecule has 10 heteroatoms. The Balaban J connectivity index is 1.90. The molecule has 186 valence electrons. The second-order valence-corrected chi connectivity index (χ2v) is 9.82. The summed E-state index contributed by atoms with van der Waals surface area (Å²) in [5.41, 5.74) is 0.995. The van der Waals surface area contributed by atoms with Crippen molar-refractivity contribution in [1.82, 2.24) is 5.32 Å². The summed E-state index contributed by atoms with van der Waals surface area (Å²) in [4.78, 5) is 13.1. The van der Waals surface area contributed by atoms with E-state index in [1.54, 1.807) is 49.4 Å². The Bertz CT molecular complexity index is 1280. The summed E-state index contributed by atoms with van der Waals surface area (Å²) in [7, 11) is 0.454. The fourth-order valence-corrected chi connectivity index (χ4v) is 5.15. The average molecular weight is 519 g/mol. The van der Waals surface area contributed by atoms with Crippen LogP contribution in [0.4, 0.5) is 5.69 Å². The minimum absolute atomic E-state index is 0.0488. The largest absolute Gasteiger partial charge is 0.495 e. The van der Waals surface area contributed by atoms with Crippen LogP contribution in [0.3, 0.4) is 0 Å². The van der Waals surface area contributed by atoms with Gasteiger partial charge in [0.15, 0.2) is 11.5 Å². The average Bonchev–Trinajstić information content (AvgIpc) is 2.87. The van der Waals surface area contributed by atoms with Gasteiger partial charge < -0.3 is 19.5 Å². The SMILES string of the molecule is COc1ccc(N(CC(=O)N[C@@H](C)c2ccc(OC)c(OC)c2)S(=O)(=O)c2ccccc2)cc1Cl. The molecule has 0 saturated heterocycles. The van der Waals surface area contributed by atoms with Crippen LogP contribution < -0.4 is 23.8 Å². The highest BCUT2D eigenvalue weighted by atomic mass is 35.5. The van der Waals surface area contributed by atoms with Crippen LogP contribution in [0.25, 0.3) is 0 Å². The highest BCUT2D eigenvalue weighted by molar-refractivity contribution is 7.92. The molecule has 0 fully saturated rings. The number of methoxy groups -OCH3 is 3. The maximum absolute atomic E-state index is 13.5. The van der Waals surface area contributed by atoms with E-state index in [1.807, 2.05) is 0 Å². The molecule has 0 bridgehead atoms. The Labute approximate surface area is 210 Å². The van der Waals surface area contributed by atoms with Gasteiger partial charge in [0.1, 0.15) is 12.3 Å². The van der Waals surface area contributed by atoms with E-state index in [9.17, 15) is 13.2 Å². The molecule has 1 atom stereocenters. The number of hydrogen-bond acceptors (Lipinski definition) is 6. The third-order valence-electron chi connectivity index (χ3n) is 5.33. The normalized spacial score (nSPS) is 11.9. The number of benzene rings is 3. The molecule has 1 amide bonds. The van der Waals surface area contributed by atoms with Crippen molar-refractivity contribution in [2.24, 2.45) is 0 Å². The van der Waals surface area contributed by atoms with Gasteiger partial charge in [-0.3, -0.25) is 9.10 Å². The van der Waals surface area contributed by atoms with Gasteiger partial charge in [-0.2, -0.15) is 0 Å². The summed E-state index contributed by atoms with van der Waals surface area (Å²) < 4.78 is 43.7. The van der Waals surface area contributed by atoms with Crippen LogP contribution in [0, 0.1) is 0 Å². The molecule has 3 aromatic carbocycles. The number of carbonyl (C=O) groups excluding carboxylic acids is 1. The standard InChI is InChI=1S/C25H27ClN2O6S/c1-17(18-10-12-23(33-3)24(14-18)34-4)27-25(29)16-28(19-11-13-22(32-2)21(26)15-19)35(30,31)20-8-6-5-7-9-20/h5-15,17H,16H2,1-4H3,(H,27,29)/t17-/m0/s1. The maximum atomic E-state index is 13.5. The van der Waals surface area contributed by atoms with E-state index in [0.717, 1.165) is 9.87 Å². The first kappa shape index (κ1) is 26.2. The fraction of sp³-hybridized carbons (Fsp3) is 0.240. The molecule has 1 N–H and O–H groups in total. The highest BCUT2D eigenvalue weighted by Gasteiger charge is 2.28. The molecule has 0 spiro atoms. The third kappa shape index (κ3) is 5.98. The van der Waals surface area contributed by atoms with Crippen molar-refractivity contribution in [3.05, 3.63) is 77.3 Å². The molecule has 0 aliphatic heterocycles. The summed E-state index contributed by atoms with van der Waals surface area (Å²) in [6, 6.07) is 17.3. The topological polar surface area (TPSA) is 94.2 Å². The van der Waals surface area contributed by atoms with Gasteiger partial charge in [0.25, 0.3) is 10.0 Å². The van der Waals surface area contributed by atoms with Gasteiger partial charge in [-0.1, -0.05) is 35.9 Å². The van der Waals surface area contributed by atoms with E-state index < -0.39 is 28.5 Å². The number of anilines is 1. The van der Waals surface area contributed by atoms with E-state index in [4.69, 9.17) is 25.8 Å². The molecule has 3 rings (SSSR count). The number of nitrogens with one attached hydrogen (secondary N) is 1. The molecule has 0 aliphatic carbocycles. The Morgan fingerprint density at radius 3 is 2.14 bits per heavy atom. The molecule has 0 saturated carbocycles. The molecule has 3 aromatic rings. The molecular formula is C25H27ClN2O6S. The number of hydrogen-bond donors (Lipinski definition) is 1. The maximum Gasteiger partial charge on any atom is 0.264 e. The van der Waals surface area contributed by atoms with Crippen LogP contribution in [0.2, 0.25) is 5.02 Å². The van der Waals surface area contributed by atoms with Crippen LogP contribution in [-0.4, -0.2) is 42.2 Å². The Morgan fingerprint density at radius 2 is 1.54 bits per heavy atom. The Hall–Kier alpha value is -3.43. The first-order valence-corrected chi connectivity index (χ1v) is 12.5. The van der Waals surface area contributed by atoms with Gasteiger partial charge in [-0.15, -0.1) is 0 Å². The minimum atomic E-state index is -4.07. The van der Waals surface area contributed by atoms with Crippen LogP contribution >= 0.6 is 11.6 Å². The van der Waals surface area contributed by atoms with Crippen molar-refractivity contribution in [2.75, 3.05) is 32.2 Å². The quantitative estimate of drug-likeness (QED) is 0.426. The first-order valence-electron chi connectivity index (χ1n) is 10.6. The number of sulfonamides is 1. The van der Waals surface area contributed by atoms with Crippen molar-refractivity contribution >= 4 is 33.2 Å². The Morgan fingerprint density at radius 1 is 0.914 bits per heavy atom. The molecular weight excluding hydrogens is 492 g/mol. The summed E-state index contributed by atoms with van der Waals surface area (Å²) in [6.45, 7) is 1.33. The minimum Gasteiger partial charge on any atom is -0.495 e. The van der Waals surface area contributed by atoms with Crippen molar-refractivity contribution < 1.29 is 27.4 Å². The zero-order valence-electron chi connectivity index (χ0n) is 19.8. The molecule has 0 heterocycles. The molecule has 8 nitrogen and oxygen atoms in total. The number of carbonyl (C=O) groups is 1. The van der Waals surface area contributed by atoms with Gasteiger partial charge in [0.2, 0.25) is 5.91 Å². The zero-order chi connectivity index (χ0) is 25.6. The number of ether oxygens (including phenoxy) is 3. The van der Waals surface area contributed by atoms with Crippen LogP contribution in [-0.2, 0) is 14.8 Å². The summed E-state index contributed by atoms with van der Waals surface area (Å²) in [5.74, 6) is 0.969. The van der Waals surface area contributed by atoms with Gasteiger partial charge >= 0.3 is 0 Å². The number of halogens is 1. The first-order chi connectivity index (χ1) is 16.7. The monoisotopic (exact) mass is 518 g/mol. The van der Waals surface area contributed by atoms with Gasteiger partial charge in [0, 0.05) is 0 Å². The fourth-order valence-electron chi connectivity index (χ4n) is 3.47. The lowest BCUT2D eigenvalue weighted by molar-refractivity contribution is -0.120. The van der Waals surface area contributed by atoms with Crippen LogP contribution in [0.15, 0.2) is 71.6 Å². The molecule has 0 radical (unpaired) electrons. The predicted octanol–water partition coefficient (Wildman–Crippen LogP) is 4.44. The van der Waals surface area contributed by atoms with E-state index >= 15 is 0 Å². The van der Waals surface area contributed by atoms with Crippen molar-refractivity contribution in [3.63, 3.8) is 0 Å². The summed E-state index contributed by atoms with van der Waals surface area (Å²) in [5, 5.41) is 3.07. The Kier molecular flexibility index (Phi) is 8.48. The highest BCUT2D eigenvalue weighted by Crippen LogP contribution is 2.32. The number of nitrogens with zero attached hydrogens (tertiary/aromatic N) is 1. The van der Waals surface area contributed by atoms with Gasteiger partial charge in [0.05, 0.1) is 43.0 Å². The van der Waals surface area contributed by atoms with Gasteiger partial charge in [-0.05, 0) is 55.0 Å². The number of rotatable bonds is 10. The van der Waals surface area contributed by atoms with Crippen molar-refractivity contribution in [3.8, 4) is 17.2 Å². The summed E-state index contributed by atoms with van der Waals surface area (Å²) >= 11 is 6.25. The lowest BCUT2D eigenvalue weighted by Gasteiger charge is -2.25. The second-order valence-electron chi connectivity index (χ2n) is 7.55. The zero-order valence-corrected chi connectivity index (χ0v) is 21.4.